The number of carbonyl (C=O) groups is 1. The molecular weight excluding hydrogens is 200 g/mol. The van der Waals surface area contributed by atoms with Crippen molar-refractivity contribution < 1.29 is 9.53 Å². The average molecular weight is 228 g/mol. The van der Waals surface area contributed by atoms with Gasteiger partial charge in [0, 0.05) is 13.0 Å². The summed E-state index contributed by atoms with van der Waals surface area (Å²) in [6.07, 6.45) is 2.51. The first kappa shape index (κ1) is 15.6. The van der Waals surface area contributed by atoms with E-state index < -0.39 is 0 Å². The lowest BCUT2D eigenvalue weighted by Crippen LogP contribution is -2.37. The van der Waals surface area contributed by atoms with E-state index >= 15 is 0 Å². The topological polar surface area (TPSA) is 26.3 Å². The Morgan fingerprint density at radius 2 is 1.81 bits per heavy atom. The van der Waals surface area contributed by atoms with Crippen LogP contribution in [-0.4, -0.2) is 18.5 Å². The third-order valence-corrected chi connectivity index (χ3v) is 2.62. The van der Waals surface area contributed by atoms with E-state index in [1.54, 1.807) is 0 Å². The van der Waals surface area contributed by atoms with Gasteiger partial charge in [0.1, 0.15) is 6.10 Å². The highest BCUT2D eigenvalue weighted by Gasteiger charge is 2.30. The fourth-order valence-electron chi connectivity index (χ4n) is 1.81. The van der Waals surface area contributed by atoms with Crippen LogP contribution in [0.4, 0.5) is 0 Å². The molecule has 0 N–H and O–H groups in total. The van der Waals surface area contributed by atoms with Crippen LogP contribution < -0.4 is 0 Å². The predicted octanol–water partition coefficient (Wildman–Crippen LogP) is 3.83. The van der Waals surface area contributed by atoms with Gasteiger partial charge in [-0.25, -0.2) is 0 Å². The average Bonchev–Trinajstić information content (AvgIpc) is 2.11. The lowest BCUT2D eigenvalue weighted by Gasteiger charge is -2.29. The van der Waals surface area contributed by atoms with Crippen LogP contribution in [0.2, 0.25) is 0 Å². The molecule has 0 aliphatic heterocycles. The molecule has 16 heavy (non-hydrogen) atoms. The first-order chi connectivity index (χ1) is 7.29. The van der Waals surface area contributed by atoms with E-state index in [1.165, 1.54) is 0 Å². The first-order valence-corrected chi connectivity index (χ1v) is 6.43. The van der Waals surface area contributed by atoms with E-state index in [1.807, 2.05) is 6.92 Å². The smallest absolute Gasteiger partial charge is 0.162 e. The number of hydrogen-bond acceptors (Lipinski definition) is 2. The van der Waals surface area contributed by atoms with Crippen LogP contribution in [0.1, 0.15) is 60.8 Å². The van der Waals surface area contributed by atoms with Gasteiger partial charge in [-0.1, -0.05) is 41.0 Å². The number of carbonyl (C=O) groups excluding carboxylic acids is 1. The number of hydrogen-bond donors (Lipinski definition) is 0. The van der Waals surface area contributed by atoms with Gasteiger partial charge in [0.25, 0.3) is 0 Å². The highest BCUT2D eigenvalue weighted by Crippen LogP contribution is 2.24. The van der Waals surface area contributed by atoms with Crippen molar-refractivity contribution in [1.82, 2.24) is 0 Å². The van der Waals surface area contributed by atoms with Gasteiger partial charge in [0.2, 0.25) is 0 Å². The summed E-state index contributed by atoms with van der Waals surface area (Å²) in [6.45, 7) is 13.1. The molecular formula is C14H28O2. The zero-order valence-electron chi connectivity index (χ0n) is 11.8. The van der Waals surface area contributed by atoms with Crippen molar-refractivity contribution in [3.05, 3.63) is 0 Å². The molecule has 0 radical (unpaired) electrons. The summed E-state index contributed by atoms with van der Waals surface area (Å²) in [4.78, 5) is 12.0. The second-order valence-electron chi connectivity index (χ2n) is 5.95. The monoisotopic (exact) mass is 228 g/mol. The minimum absolute atomic E-state index is 0.0923. The Balaban J connectivity index is 4.18. The van der Waals surface area contributed by atoms with E-state index in [0.717, 1.165) is 12.8 Å². The second-order valence-corrected chi connectivity index (χ2v) is 5.95. The SMILES string of the molecule is CCOC(C(=O)CCCC(C)C)C(C)(C)C. The van der Waals surface area contributed by atoms with Crippen molar-refractivity contribution in [2.75, 3.05) is 6.61 Å². The van der Waals surface area contributed by atoms with Gasteiger partial charge in [0.05, 0.1) is 0 Å². The Kier molecular flexibility index (Phi) is 6.89. The van der Waals surface area contributed by atoms with Crippen molar-refractivity contribution in [3.63, 3.8) is 0 Å². The molecule has 0 aromatic heterocycles. The van der Waals surface area contributed by atoms with E-state index in [-0.39, 0.29) is 17.3 Å². The predicted molar refractivity (Wildman–Crippen MR) is 68.6 cm³/mol. The van der Waals surface area contributed by atoms with Crippen molar-refractivity contribution >= 4 is 5.78 Å². The van der Waals surface area contributed by atoms with Crippen LogP contribution in [-0.2, 0) is 9.53 Å². The van der Waals surface area contributed by atoms with Gasteiger partial charge in [-0.05, 0) is 24.7 Å². The van der Waals surface area contributed by atoms with Gasteiger partial charge >= 0.3 is 0 Å². The first-order valence-electron chi connectivity index (χ1n) is 6.43. The highest BCUT2D eigenvalue weighted by atomic mass is 16.5. The van der Waals surface area contributed by atoms with Crippen LogP contribution in [0.15, 0.2) is 0 Å². The molecule has 0 saturated carbocycles. The summed E-state index contributed by atoms with van der Waals surface area (Å²) >= 11 is 0. The molecule has 0 aliphatic carbocycles. The summed E-state index contributed by atoms with van der Waals surface area (Å²) in [7, 11) is 0. The molecule has 0 aliphatic rings. The van der Waals surface area contributed by atoms with Crippen molar-refractivity contribution in [3.8, 4) is 0 Å². The summed E-state index contributed by atoms with van der Waals surface area (Å²) in [5, 5.41) is 0. The Labute approximate surface area is 101 Å². The van der Waals surface area contributed by atoms with E-state index in [2.05, 4.69) is 34.6 Å². The van der Waals surface area contributed by atoms with Crippen molar-refractivity contribution in [2.24, 2.45) is 11.3 Å². The quantitative estimate of drug-likeness (QED) is 0.662. The van der Waals surface area contributed by atoms with Gasteiger partial charge in [-0.3, -0.25) is 4.79 Å². The minimum atomic E-state index is -0.246. The maximum Gasteiger partial charge on any atom is 0.162 e. The standard InChI is InChI=1S/C14H28O2/c1-7-16-13(14(4,5)6)12(15)10-8-9-11(2)3/h11,13H,7-10H2,1-6H3. The fraction of sp³-hybridized carbons (Fsp3) is 0.929. The molecule has 96 valence electrons. The number of ketones is 1. The molecule has 0 rings (SSSR count). The van der Waals surface area contributed by atoms with Crippen LogP contribution in [0.5, 0.6) is 0 Å². The molecule has 2 nitrogen and oxygen atoms in total. The molecule has 0 amide bonds. The number of Topliss-reactive ketones (excluding diaryl/α,β-unsaturated/α-hetero) is 1. The molecule has 0 fully saturated rings. The third kappa shape index (κ3) is 6.26. The molecule has 0 aromatic rings. The largest absolute Gasteiger partial charge is 0.370 e. The van der Waals surface area contributed by atoms with E-state index in [0.29, 0.717) is 18.9 Å². The van der Waals surface area contributed by atoms with E-state index in [9.17, 15) is 4.79 Å². The Bertz CT molecular complexity index is 201. The summed E-state index contributed by atoms with van der Waals surface area (Å²) < 4.78 is 5.58. The van der Waals surface area contributed by atoms with Crippen molar-refractivity contribution in [2.45, 2.75) is 66.9 Å². The third-order valence-electron chi connectivity index (χ3n) is 2.62. The lowest BCUT2D eigenvalue weighted by molar-refractivity contribution is -0.137. The number of rotatable bonds is 7. The fourth-order valence-corrected chi connectivity index (χ4v) is 1.81. The van der Waals surface area contributed by atoms with Gasteiger partial charge in [0.15, 0.2) is 5.78 Å². The molecule has 0 bridgehead atoms. The summed E-state index contributed by atoms with van der Waals surface area (Å²) in [5.41, 5.74) is -0.0923. The van der Waals surface area contributed by atoms with Crippen LogP contribution in [0.3, 0.4) is 0 Å². The lowest BCUT2D eigenvalue weighted by atomic mass is 9.85. The molecule has 1 unspecified atom stereocenters. The van der Waals surface area contributed by atoms with Crippen molar-refractivity contribution in [1.29, 1.82) is 0 Å². The van der Waals surface area contributed by atoms with Gasteiger partial charge in [-0.15, -0.1) is 0 Å². The maximum atomic E-state index is 12.0. The second kappa shape index (κ2) is 7.05. The summed E-state index contributed by atoms with van der Waals surface area (Å²) in [5.74, 6) is 0.933. The van der Waals surface area contributed by atoms with Gasteiger partial charge < -0.3 is 4.74 Å². The zero-order chi connectivity index (χ0) is 12.8. The number of ether oxygens (including phenoxy) is 1. The summed E-state index contributed by atoms with van der Waals surface area (Å²) in [6, 6.07) is 0. The molecule has 0 aromatic carbocycles. The Morgan fingerprint density at radius 1 is 1.25 bits per heavy atom. The Morgan fingerprint density at radius 3 is 2.19 bits per heavy atom. The maximum absolute atomic E-state index is 12.0. The van der Waals surface area contributed by atoms with Crippen LogP contribution in [0, 0.1) is 11.3 Å². The molecule has 2 heteroatoms. The van der Waals surface area contributed by atoms with Gasteiger partial charge in [-0.2, -0.15) is 0 Å². The zero-order valence-corrected chi connectivity index (χ0v) is 11.8. The minimum Gasteiger partial charge on any atom is -0.370 e. The van der Waals surface area contributed by atoms with Crippen LogP contribution >= 0.6 is 0 Å². The molecule has 0 heterocycles. The van der Waals surface area contributed by atoms with Crippen LogP contribution in [0.25, 0.3) is 0 Å². The highest BCUT2D eigenvalue weighted by molar-refractivity contribution is 5.83. The molecule has 1 atom stereocenters. The molecule has 0 saturated heterocycles. The molecule has 0 spiro atoms. The normalized spacial score (nSPS) is 14.2. The van der Waals surface area contributed by atoms with E-state index in [4.69, 9.17) is 4.74 Å². The Hall–Kier alpha value is -0.370.